The molecule has 2 heterocycles. The second-order valence-corrected chi connectivity index (χ2v) is 6.84. The Morgan fingerprint density at radius 2 is 2.11 bits per heavy atom. The van der Waals surface area contributed by atoms with Crippen molar-refractivity contribution < 1.29 is 0 Å². The Hall–Kier alpha value is -1.16. The molecule has 1 N–H and O–H groups in total. The molecule has 1 fully saturated rings. The largest absolute Gasteiger partial charge is 0.366 e. The molecule has 0 radical (unpaired) electrons. The van der Waals surface area contributed by atoms with Crippen molar-refractivity contribution in [1.82, 2.24) is 9.97 Å². The summed E-state index contributed by atoms with van der Waals surface area (Å²) in [6.07, 6.45) is 5.56. The number of nitrogens with one attached hydrogen (secondary N) is 1. The van der Waals surface area contributed by atoms with Crippen molar-refractivity contribution in [2.45, 2.75) is 46.1 Å². The van der Waals surface area contributed by atoms with Gasteiger partial charge in [0.2, 0.25) is 0 Å². The van der Waals surface area contributed by atoms with Crippen molar-refractivity contribution in [2.75, 3.05) is 5.32 Å². The van der Waals surface area contributed by atoms with Gasteiger partial charge in [-0.1, -0.05) is 13.8 Å². The molecule has 0 bridgehead atoms. The third kappa shape index (κ3) is 2.46. The van der Waals surface area contributed by atoms with Gasteiger partial charge in [-0.15, -0.1) is 11.3 Å². The molecule has 0 spiro atoms. The van der Waals surface area contributed by atoms with Gasteiger partial charge in [0.05, 0.1) is 10.2 Å². The van der Waals surface area contributed by atoms with Crippen molar-refractivity contribution in [1.29, 1.82) is 0 Å². The van der Waals surface area contributed by atoms with Crippen LogP contribution in [0.4, 0.5) is 5.82 Å². The van der Waals surface area contributed by atoms with Crippen molar-refractivity contribution in [3.63, 3.8) is 0 Å². The number of hydrogen-bond donors (Lipinski definition) is 1. The van der Waals surface area contributed by atoms with Crippen LogP contribution in [0.5, 0.6) is 0 Å². The van der Waals surface area contributed by atoms with E-state index in [1.165, 1.54) is 29.5 Å². The maximum atomic E-state index is 4.46. The third-order valence-electron chi connectivity index (χ3n) is 4.28. The van der Waals surface area contributed by atoms with Gasteiger partial charge in [0, 0.05) is 6.04 Å². The van der Waals surface area contributed by atoms with Gasteiger partial charge in [-0.2, -0.15) is 0 Å². The van der Waals surface area contributed by atoms with Crippen LogP contribution in [-0.2, 0) is 0 Å². The summed E-state index contributed by atoms with van der Waals surface area (Å²) >= 11 is 1.74. The Balaban J connectivity index is 1.85. The zero-order valence-corrected chi connectivity index (χ0v) is 12.6. The van der Waals surface area contributed by atoms with Gasteiger partial charge in [-0.05, 0) is 49.0 Å². The molecule has 1 aliphatic carbocycles. The number of aromatic nitrogens is 2. The summed E-state index contributed by atoms with van der Waals surface area (Å²) in [5, 5.41) is 5.83. The predicted molar refractivity (Wildman–Crippen MR) is 81.7 cm³/mol. The number of hydrogen-bond acceptors (Lipinski definition) is 4. The minimum Gasteiger partial charge on any atom is -0.366 e. The van der Waals surface area contributed by atoms with Crippen LogP contribution in [0.1, 0.15) is 38.7 Å². The lowest BCUT2D eigenvalue weighted by Crippen LogP contribution is -2.33. The molecule has 3 atom stereocenters. The fourth-order valence-corrected chi connectivity index (χ4v) is 4.08. The highest BCUT2D eigenvalue weighted by Crippen LogP contribution is 2.33. The SMILES string of the molecule is Cc1csc2c(NC3CCC(C)CC3C)ncnc12. The molecule has 3 unspecified atom stereocenters. The molecular weight excluding hydrogens is 254 g/mol. The topological polar surface area (TPSA) is 37.8 Å². The molecule has 1 saturated carbocycles. The van der Waals surface area contributed by atoms with Crippen LogP contribution in [0.3, 0.4) is 0 Å². The molecule has 1 aliphatic rings. The second-order valence-electron chi connectivity index (χ2n) is 5.97. The summed E-state index contributed by atoms with van der Waals surface area (Å²) in [6.45, 7) is 6.82. The van der Waals surface area contributed by atoms with Crippen LogP contribution in [0.15, 0.2) is 11.7 Å². The molecule has 3 nitrogen and oxygen atoms in total. The van der Waals surface area contributed by atoms with Gasteiger partial charge in [-0.3, -0.25) is 0 Å². The highest BCUT2D eigenvalue weighted by molar-refractivity contribution is 7.18. The van der Waals surface area contributed by atoms with E-state index in [0.717, 1.165) is 23.2 Å². The fraction of sp³-hybridized carbons (Fsp3) is 0.600. The average molecular weight is 275 g/mol. The van der Waals surface area contributed by atoms with Gasteiger partial charge in [0.15, 0.2) is 0 Å². The fourth-order valence-electron chi connectivity index (χ4n) is 3.13. The van der Waals surface area contributed by atoms with E-state index in [4.69, 9.17) is 0 Å². The number of rotatable bonds is 2. The summed E-state index contributed by atoms with van der Waals surface area (Å²) in [4.78, 5) is 8.84. The number of thiophene rings is 1. The molecule has 2 aromatic heterocycles. The standard InChI is InChI=1S/C15H21N3S/c1-9-4-5-12(10(2)6-9)18-15-14-13(16-8-17-15)11(3)7-19-14/h7-10,12H,4-6H2,1-3H3,(H,16,17,18). The Bertz CT molecular complexity index is 578. The molecule has 0 amide bonds. The van der Waals surface area contributed by atoms with Gasteiger partial charge in [-0.25, -0.2) is 9.97 Å². The van der Waals surface area contributed by atoms with E-state index in [1.807, 2.05) is 0 Å². The Morgan fingerprint density at radius 1 is 1.26 bits per heavy atom. The van der Waals surface area contributed by atoms with Crippen molar-refractivity contribution in [3.05, 3.63) is 17.3 Å². The van der Waals surface area contributed by atoms with Gasteiger partial charge >= 0.3 is 0 Å². The third-order valence-corrected chi connectivity index (χ3v) is 5.38. The lowest BCUT2D eigenvalue weighted by molar-refractivity contribution is 0.276. The summed E-state index contributed by atoms with van der Waals surface area (Å²) in [7, 11) is 0. The smallest absolute Gasteiger partial charge is 0.147 e. The normalized spacial score (nSPS) is 27.6. The number of anilines is 1. The quantitative estimate of drug-likeness (QED) is 0.891. The van der Waals surface area contributed by atoms with E-state index in [9.17, 15) is 0 Å². The monoisotopic (exact) mass is 275 g/mol. The van der Waals surface area contributed by atoms with Crippen LogP contribution in [0.2, 0.25) is 0 Å². The first-order valence-electron chi connectivity index (χ1n) is 7.10. The first-order chi connectivity index (χ1) is 9.15. The van der Waals surface area contributed by atoms with Gasteiger partial charge < -0.3 is 5.32 Å². The molecule has 4 heteroatoms. The van der Waals surface area contributed by atoms with Crippen LogP contribution < -0.4 is 5.32 Å². The highest BCUT2D eigenvalue weighted by Gasteiger charge is 2.26. The average Bonchev–Trinajstić information content (AvgIpc) is 2.76. The number of fused-ring (bicyclic) bond motifs is 1. The van der Waals surface area contributed by atoms with E-state index < -0.39 is 0 Å². The molecule has 102 valence electrons. The molecule has 0 aromatic carbocycles. The minimum atomic E-state index is 0.553. The molecule has 0 saturated heterocycles. The summed E-state index contributed by atoms with van der Waals surface area (Å²) < 4.78 is 1.20. The van der Waals surface area contributed by atoms with Gasteiger partial charge in [0.25, 0.3) is 0 Å². The lowest BCUT2D eigenvalue weighted by atomic mass is 9.80. The Labute approximate surface area is 118 Å². The highest BCUT2D eigenvalue weighted by atomic mass is 32.1. The molecule has 2 aromatic rings. The second kappa shape index (κ2) is 5.08. The van der Waals surface area contributed by atoms with Crippen molar-refractivity contribution in [3.8, 4) is 0 Å². The Kier molecular flexibility index (Phi) is 3.44. The first kappa shape index (κ1) is 12.9. The van der Waals surface area contributed by atoms with E-state index in [0.29, 0.717) is 6.04 Å². The lowest BCUT2D eigenvalue weighted by Gasteiger charge is -2.33. The van der Waals surface area contributed by atoms with Gasteiger partial charge in [0.1, 0.15) is 12.1 Å². The van der Waals surface area contributed by atoms with E-state index in [2.05, 4.69) is 41.4 Å². The zero-order chi connectivity index (χ0) is 13.4. The summed E-state index contributed by atoms with van der Waals surface area (Å²) in [5.74, 6) is 2.60. The van der Waals surface area contributed by atoms with Crippen LogP contribution >= 0.6 is 11.3 Å². The van der Waals surface area contributed by atoms with E-state index in [1.54, 1.807) is 17.7 Å². The van der Waals surface area contributed by atoms with Crippen molar-refractivity contribution >= 4 is 27.4 Å². The summed E-state index contributed by atoms with van der Waals surface area (Å²) in [5.41, 5.74) is 2.34. The molecule has 19 heavy (non-hydrogen) atoms. The zero-order valence-electron chi connectivity index (χ0n) is 11.8. The number of aryl methyl sites for hydroxylation is 1. The maximum Gasteiger partial charge on any atom is 0.147 e. The first-order valence-corrected chi connectivity index (χ1v) is 7.98. The van der Waals surface area contributed by atoms with Crippen LogP contribution in [0, 0.1) is 18.8 Å². The van der Waals surface area contributed by atoms with Crippen LogP contribution in [-0.4, -0.2) is 16.0 Å². The van der Waals surface area contributed by atoms with E-state index >= 15 is 0 Å². The van der Waals surface area contributed by atoms with E-state index in [-0.39, 0.29) is 0 Å². The van der Waals surface area contributed by atoms with Crippen molar-refractivity contribution in [2.24, 2.45) is 11.8 Å². The minimum absolute atomic E-state index is 0.553. The van der Waals surface area contributed by atoms with Crippen LogP contribution in [0.25, 0.3) is 10.2 Å². The summed E-state index contributed by atoms with van der Waals surface area (Å²) in [6, 6.07) is 0.553. The maximum absolute atomic E-state index is 4.46. The predicted octanol–water partition coefficient (Wildman–Crippen LogP) is 4.24. The molecule has 3 rings (SSSR count). The molecule has 0 aliphatic heterocycles. The Morgan fingerprint density at radius 3 is 2.89 bits per heavy atom. The molecular formula is C15H21N3S. The number of nitrogens with zero attached hydrogens (tertiary/aromatic N) is 2.